The van der Waals surface area contributed by atoms with Gasteiger partial charge in [-0.05, 0) is 54.7 Å². The molecule has 0 saturated heterocycles. The van der Waals surface area contributed by atoms with Gasteiger partial charge in [0.05, 0.1) is 6.61 Å². The fourth-order valence-corrected chi connectivity index (χ4v) is 3.18. The van der Waals surface area contributed by atoms with Crippen molar-refractivity contribution in [3.05, 3.63) is 100 Å². The molecule has 1 aromatic rings. The molecule has 0 amide bonds. The Balaban J connectivity index is 2.39. The molecule has 0 heterocycles. The Kier molecular flexibility index (Phi) is 10.2. The van der Waals surface area contributed by atoms with Gasteiger partial charge in [0.1, 0.15) is 5.76 Å². The van der Waals surface area contributed by atoms with Gasteiger partial charge in [0.25, 0.3) is 0 Å². The lowest BCUT2D eigenvalue weighted by Gasteiger charge is -2.19. The summed E-state index contributed by atoms with van der Waals surface area (Å²) in [6.45, 7) is 7.24. The number of benzene rings is 1. The van der Waals surface area contributed by atoms with Crippen molar-refractivity contribution < 1.29 is 18.3 Å². The highest BCUT2D eigenvalue weighted by molar-refractivity contribution is 5.79. The van der Waals surface area contributed by atoms with E-state index in [1.165, 1.54) is 11.6 Å². The van der Waals surface area contributed by atoms with Gasteiger partial charge in [-0.1, -0.05) is 55.5 Å². The molecule has 0 radical (unpaired) electrons. The molecule has 0 bridgehead atoms. The lowest BCUT2D eigenvalue weighted by molar-refractivity contribution is 0.143. The van der Waals surface area contributed by atoms with E-state index in [1.807, 2.05) is 32.1 Å². The van der Waals surface area contributed by atoms with E-state index in [0.717, 1.165) is 35.8 Å². The second kappa shape index (κ2) is 12.9. The maximum absolute atomic E-state index is 14.5. The van der Waals surface area contributed by atoms with E-state index in [0.29, 0.717) is 25.2 Å². The molecule has 0 N–H and O–H groups in total. The molecule has 1 aliphatic rings. The Bertz CT molecular complexity index is 931. The number of rotatable bonds is 10. The van der Waals surface area contributed by atoms with Crippen LogP contribution in [0.2, 0.25) is 0 Å². The van der Waals surface area contributed by atoms with Crippen LogP contribution in [0.15, 0.2) is 83.2 Å². The maximum atomic E-state index is 14.5. The first-order valence-corrected chi connectivity index (χ1v) is 10.7. The number of methoxy groups -OCH3 is 1. The van der Waals surface area contributed by atoms with Gasteiger partial charge >= 0.3 is 0 Å². The molecule has 0 fully saturated rings. The van der Waals surface area contributed by atoms with Crippen LogP contribution in [-0.2, 0) is 9.47 Å². The monoisotopic (exact) mass is 426 g/mol. The Morgan fingerprint density at radius 3 is 2.65 bits per heavy atom. The summed E-state index contributed by atoms with van der Waals surface area (Å²) in [5.41, 5.74) is 4.11. The van der Waals surface area contributed by atoms with Gasteiger partial charge in [0, 0.05) is 32.1 Å². The first kappa shape index (κ1) is 24.5. The van der Waals surface area contributed by atoms with Crippen molar-refractivity contribution in [1.82, 2.24) is 0 Å². The van der Waals surface area contributed by atoms with Gasteiger partial charge in [-0.2, -0.15) is 0 Å². The molecule has 1 aromatic carbocycles. The zero-order valence-electron chi connectivity index (χ0n) is 18.9. The largest absolute Gasteiger partial charge is 0.497 e. The standard InChI is InChI=1S/C27H32F2O2/c1-5-7-10-21(6-2)14-13-20(3)22-17-23(25-11-8-12-26(28)27(25)29)19-24(18-22)31-16-9-15-30-4/h5,7-8,10-14,17,19H,6,9,15-16,18H2,1-4H3/b7-5-,14-13+,21-10+,22-20-. The molecular weight excluding hydrogens is 394 g/mol. The SMILES string of the molecule is C\C=C/C=C(/C=C/C(C)=C1/C=C(c2cccc(F)c2F)C=C(OCCCOC)C1)CC. The fourth-order valence-electron chi connectivity index (χ4n) is 3.18. The number of halogens is 2. The zero-order chi connectivity index (χ0) is 22.6. The Labute approximate surface area is 185 Å². The molecule has 0 unspecified atom stereocenters. The van der Waals surface area contributed by atoms with Crippen molar-refractivity contribution in [2.45, 2.75) is 40.0 Å². The second-order valence-corrected chi connectivity index (χ2v) is 7.35. The predicted molar refractivity (Wildman–Crippen MR) is 125 cm³/mol. The summed E-state index contributed by atoms with van der Waals surface area (Å²) in [4.78, 5) is 0. The molecule has 0 aromatic heterocycles. The number of hydrogen-bond acceptors (Lipinski definition) is 2. The van der Waals surface area contributed by atoms with Crippen LogP contribution in [-0.4, -0.2) is 20.3 Å². The van der Waals surface area contributed by atoms with E-state index in [9.17, 15) is 8.78 Å². The molecule has 4 heteroatoms. The van der Waals surface area contributed by atoms with Gasteiger partial charge in [-0.15, -0.1) is 0 Å². The fraction of sp³-hybridized carbons (Fsp3) is 0.333. The second-order valence-electron chi connectivity index (χ2n) is 7.35. The molecule has 1 aliphatic carbocycles. The van der Waals surface area contributed by atoms with Gasteiger partial charge in [0.2, 0.25) is 0 Å². The van der Waals surface area contributed by atoms with Crippen molar-refractivity contribution in [2.24, 2.45) is 0 Å². The van der Waals surface area contributed by atoms with Gasteiger partial charge < -0.3 is 9.47 Å². The zero-order valence-corrected chi connectivity index (χ0v) is 18.9. The Morgan fingerprint density at radius 2 is 1.94 bits per heavy atom. The third kappa shape index (κ3) is 7.48. The van der Waals surface area contributed by atoms with Crippen molar-refractivity contribution in [3.63, 3.8) is 0 Å². The lowest BCUT2D eigenvalue weighted by Crippen LogP contribution is -2.05. The van der Waals surface area contributed by atoms with Crippen molar-refractivity contribution >= 4 is 5.57 Å². The number of ether oxygens (including phenoxy) is 2. The summed E-state index contributed by atoms with van der Waals surface area (Å²) in [5.74, 6) is -0.968. The van der Waals surface area contributed by atoms with Crippen molar-refractivity contribution in [3.8, 4) is 0 Å². The Morgan fingerprint density at radius 1 is 1.13 bits per heavy atom. The summed E-state index contributed by atoms with van der Waals surface area (Å²) in [6, 6.07) is 4.24. The van der Waals surface area contributed by atoms with Crippen molar-refractivity contribution in [1.29, 1.82) is 0 Å². The van der Waals surface area contributed by atoms with Crippen LogP contribution in [0, 0.1) is 11.6 Å². The van der Waals surface area contributed by atoms with Gasteiger partial charge in [0.15, 0.2) is 11.6 Å². The van der Waals surface area contributed by atoms with Crippen LogP contribution < -0.4 is 0 Å². The van der Waals surface area contributed by atoms with Crippen LogP contribution in [0.3, 0.4) is 0 Å². The molecular formula is C27H32F2O2. The minimum atomic E-state index is -0.858. The smallest absolute Gasteiger partial charge is 0.166 e. The highest BCUT2D eigenvalue weighted by atomic mass is 19.2. The lowest BCUT2D eigenvalue weighted by atomic mass is 9.92. The molecule has 2 nitrogen and oxygen atoms in total. The van der Waals surface area contributed by atoms with Crippen LogP contribution in [0.5, 0.6) is 0 Å². The van der Waals surface area contributed by atoms with E-state index in [-0.39, 0.29) is 5.56 Å². The first-order chi connectivity index (χ1) is 15.0. The average Bonchev–Trinajstić information content (AvgIpc) is 2.78. The van der Waals surface area contributed by atoms with E-state index in [1.54, 1.807) is 19.3 Å². The van der Waals surface area contributed by atoms with Crippen LogP contribution in [0.1, 0.15) is 45.6 Å². The summed E-state index contributed by atoms with van der Waals surface area (Å²) >= 11 is 0. The molecule has 0 spiro atoms. The predicted octanol–water partition coefficient (Wildman–Crippen LogP) is 7.47. The summed E-state index contributed by atoms with van der Waals surface area (Å²) in [6.07, 6.45) is 16.3. The van der Waals surface area contributed by atoms with Crippen LogP contribution in [0.25, 0.3) is 5.57 Å². The van der Waals surface area contributed by atoms with E-state index >= 15 is 0 Å². The molecule has 0 saturated carbocycles. The van der Waals surface area contributed by atoms with Crippen LogP contribution >= 0.6 is 0 Å². The summed E-state index contributed by atoms with van der Waals surface area (Å²) in [5, 5.41) is 0. The Hall–Kier alpha value is -2.72. The topological polar surface area (TPSA) is 18.5 Å². The highest BCUT2D eigenvalue weighted by Crippen LogP contribution is 2.33. The summed E-state index contributed by atoms with van der Waals surface area (Å²) < 4.78 is 39.3. The van der Waals surface area contributed by atoms with Crippen LogP contribution in [0.4, 0.5) is 8.78 Å². The molecule has 166 valence electrons. The minimum absolute atomic E-state index is 0.231. The third-order valence-electron chi connectivity index (χ3n) is 5.02. The van der Waals surface area contributed by atoms with Gasteiger partial charge in [-0.25, -0.2) is 8.78 Å². The van der Waals surface area contributed by atoms with E-state index in [4.69, 9.17) is 9.47 Å². The molecule has 0 aliphatic heterocycles. The molecule has 0 atom stereocenters. The maximum Gasteiger partial charge on any atom is 0.166 e. The third-order valence-corrected chi connectivity index (χ3v) is 5.02. The number of hydrogen-bond donors (Lipinski definition) is 0. The van der Waals surface area contributed by atoms with E-state index in [2.05, 4.69) is 25.2 Å². The molecule has 31 heavy (non-hydrogen) atoms. The normalized spacial score (nSPS) is 16.6. The van der Waals surface area contributed by atoms with Crippen molar-refractivity contribution in [2.75, 3.05) is 20.3 Å². The average molecular weight is 427 g/mol. The van der Waals surface area contributed by atoms with Gasteiger partial charge in [-0.3, -0.25) is 0 Å². The summed E-state index contributed by atoms with van der Waals surface area (Å²) in [7, 11) is 1.65. The van der Waals surface area contributed by atoms with E-state index < -0.39 is 11.6 Å². The minimum Gasteiger partial charge on any atom is -0.497 e. The quantitative estimate of drug-likeness (QED) is 0.285. The first-order valence-electron chi connectivity index (χ1n) is 10.7. The number of allylic oxidation sites excluding steroid dienone is 11. The highest BCUT2D eigenvalue weighted by Gasteiger charge is 2.17. The molecule has 2 rings (SSSR count).